The largest absolute Gasteiger partial charge is 0.490 e. The van der Waals surface area contributed by atoms with E-state index in [1.165, 1.54) is 104 Å². The maximum absolute atomic E-state index is 6.30. The third kappa shape index (κ3) is 11.1. The molecule has 0 N–H and O–H groups in total. The average molecular weight is 1020 g/mol. The van der Waals surface area contributed by atoms with Crippen molar-refractivity contribution >= 4 is 75.5 Å². The molecule has 342 valence electrons. The Morgan fingerprint density at radius 2 is 1.01 bits per heavy atom. The van der Waals surface area contributed by atoms with Crippen molar-refractivity contribution in [1.29, 1.82) is 0 Å². The zero-order valence-corrected chi connectivity index (χ0v) is 42.0. The number of ether oxygens (including phenoxy) is 2. The summed E-state index contributed by atoms with van der Waals surface area (Å²) in [7, 11) is 0. The highest BCUT2D eigenvalue weighted by Crippen LogP contribution is 2.41. The van der Waals surface area contributed by atoms with Gasteiger partial charge in [-0.3, -0.25) is 0 Å². The van der Waals surface area contributed by atoms with Crippen LogP contribution in [0.2, 0.25) is 0 Å². The first kappa shape index (κ1) is 46.5. The standard InChI is InChI=1S/C59H60Br2N4O2/c1-3-5-7-9-10-14-20-41(19-13-8-6-4-2)40-65-58-52-38-46(61)28-33-50(52)49-32-27-45(60)37-51(49)57(58)64-59(65)44-25-29-47(30-26-44)66-35-36-67-48-31-34-53-54(39-48)63-56(43-23-17-12-18-24-43)55(62-53)42-21-15-11-16-22-42/h11-12,15-18,21-34,37-39,41H,3-10,13-14,19-20,35-36,40H2,1-2H3. The minimum atomic E-state index is 0.383. The molecule has 9 aromatic rings. The van der Waals surface area contributed by atoms with Crippen molar-refractivity contribution < 1.29 is 9.47 Å². The number of hydrogen-bond donors (Lipinski definition) is 0. The number of benzene rings is 7. The highest BCUT2D eigenvalue weighted by Gasteiger charge is 2.22. The van der Waals surface area contributed by atoms with Gasteiger partial charge in [0.1, 0.15) is 30.5 Å². The summed E-state index contributed by atoms with van der Waals surface area (Å²) in [5.41, 5.74) is 8.70. The second-order valence-electron chi connectivity index (χ2n) is 17.9. The Bertz CT molecular complexity index is 3060. The van der Waals surface area contributed by atoms with Crippen molar-refractivity contribution in [2.24, 2.45) is 5.92 Å². The molecule has 0 bridgehead atoms. The highest BCUT2D eigenvalue weighted by atomic mass is 79.9. The quantitative estimate of drug-likeness (QED) is 0.0500. The Kier molecular flexibility index (Phi) is 15.6. The molecule has 67 heavy (non-hydrogen) atoms. The van der Waals surface area contributed by atoms with Crippen LogP contribution in [0.15, 0.2) is 148 Å². The van der Waals surface area contributed by atoms with E-state index in [1.807, 2.05) is 54.6 Å². The van der Waals surface area contributed by atoms with Crippen LogP contribution in [0.25, 0.3) is 77.5 Å². The fraction of sp³-hybridized carbons (Fsp3) is 0.305. The summed E-state index contributed by atoms with van der Waals surface area (Å²) in [5, 5.41) is 4.86. The van der Waals surface area contributed by atoms with Gasteiger partial charge in [-0.05, 0) is 90.2 Å². The van der Waals surface area contributed by atoms with Gasteiger partial charge in [-0.1, -0.05) is 183 Å². The van der Waals surface area contributed by atoms with Crippen molar-refractivity contribution in [2.75, 3.05) is 13.2 Å². The molecule has 0 saturated carbocycles. The molecule has 0 saturated heterocycles. The molecule has 0 aliphatic carbocycles. The molecule has 1 atom stereocenters. The summed E-state index contributed by atoms with van der Waals surface area (Å²) >= 11 is 7.64. The number of rotatable bonds is 22. The maximum atomic E-state index is 6.30. The van der Waals surface area contributed by atoms with Crippen molar-refractivity contribution in [3.8, 4) is 45.4 Å². The molecule has 0 radical (unpaired) electrons. The lowest BCUT2D eigenvalue weighted by molar-refractivity contribution is 0.217. The number of halogens is 2. The molecule has 9 rings (SSSR count). The Labute approximate surface area is 412 Å². The van der Waals surface area contributed by atoms with E-state index >= 15 is 0 Å². The van der Waals surface area contributed by atoms with E-state index in [4.69, 9.17) is 24.4 Å². The minimum Gasteiger partial charge on any atom is -0.490 e. The van der Waals surface area contributed by atoms with Gasteiger partial charge in [0.25, 0.3) is 0 Å². The van der Waals surface area contributed by atoms with Crippen LogP contribution >= 0.6 is 31.9 Å². The Morgan fingerprint density at radius 1 is 0.478 bits per heavy atom. The molecule has 8 heteroatoms. The lowest BCUT2D eigenvalue weighted by Gasteiger charge is -2.21. The third-order valence-electron chi connectivity index (χ3n) is 13.1. The Hall–Kier alpha value is -5.57. The lowest BCUT2D eigenvalue weighted by atomic mass is 9.93. The summed E-state index contributed by atoms with van der Waals surface area (Å²) in [6.07, 6.45) is 15.5. The van der Waals surface area contributed by atoms with Gasteiger partial charge in [-0.25, -0.2) is 15.0 Å². The second kappa shape index (κ2) is 22.5. The number of aromatic nitrogens is 4. The smallest absolute Gasteiger partial charge is 0.141 e. The van der Waals surface area contributed by atoms with Gasteiger partial charge in [0.2, 0.25) is 0 Å². The SMILES string of the molecule is CCCCCCCCC(CCCCCC)Cn1c(-c2ccc(OCCOc3ccc4nc(-c5ccccc5)c(-c5ccccc5)nc4c3)cc2)nc2c3cc(Br)ccc3c3ccc(Br)cc3c21. The number of imidazole rings is 1. The van der Waals surface area contributed by atoms with Gasteiger partial charge in [0, 0.05) is 49.0 Å². The molecule has 0 aliphatic rings. The molecule has 6 nitrogen and oxygen atoms in total. The van der Waals surface area contributed by atoms with Crippen LogP contribution in [-0.2, 0) is 6.54 Å². The summed E-state index contributed by atoms with van der Waals surface area (Å²) in [6.45, 7) is 6.31. The van der Waals surface area contributed by atoms with E-state index in [-0.39, 0.29) is 0 Å². The summed E-state index contributed by atoms with van der Waals surface area (Å²) in [5.74, 6) is 3.09. The number of unbranched alkanes of at least 4 members (excludes halogenated alkanes) is 8. The van der Waals surface area contributed by atoms with Crippen LogP contribution in [0.1, 0.15) is 90.9 Å². The van der Waals surface area contributed by atoms with Crippen LogP contribution in [0.4, 0.5) is 0 Å². The van der Waals surface area contributed by atoms with Crippen LogP contribution < -0.4 is 9.47 Å². The highest BCUT2D eigenvalue weighted by molar-refractivity contribution is 9.10. The van der Waals surface area contributed by atoms with E-state index in [1.54, 1.807) is 0 Å². The Morgan fingerprint density at radius 3 is 1.66 bits per heavy atom. The molecular formula is C59H60Br2N4O2. The first-order chi connectivity index (χ1) is 33.0. The number of hydrogen-bond acceptors (Lipinski definition) is 5. The first-order valence-corrected chi connectivity index (χ1v) is 26.1. The van der Waals surface area contributed by atoms with Crippen molar-refractivity contribution in [3.05, 3.63) is 148 Å². The zero-order valence-electron chi connectivity index (χ0n) is 38.8. The zero-order chi connectivity index (χ0) is 46.0. The minimum absolute atomic E-state index is 0.383. The third-order valence-corrected chi connectivity index (χ3v) is 14.1. The van der Waals surface area contributed by atoms with E-state index < -0.39 is 0 Å². The van der Waals surface area contributed by atoms with E-state index in [0.29, 0.717) is 19.1 Å². The van der Waals surface area contributed by atoms with Crippen molar-refractivity contribution in [2.45, 2.75) is 97.4 Å². The van der Waals surface area contributed by atoms with Gasteiger partial charge in [0.05, 0.1) is 33.5 Å². The monoisotopic (exact) mass is 1010 g/mol. The van der Waals surface area contributed by atoms with Crippen LogP contribution in [0.5, 0.6) is 11.5 Å². The fourth-order valence-corrected chi connectivity index (χ4v) is 10.3. The molecule has 2 heterocycles. The van der Waals surface area contributed by atoms with Gasteiger partial charge in [0.15, 0.2) is 0 Å². The molecule has 0 spiro atoms. The number of fused-ring (bicyclic) bond motifs is 7. The van der Waals surface area contributed by atoms with E-state index in [2.05, 4.69) is 135 Å². The van der Waals surface area contributed by atoms with Crippen LogP contribution in [0.3, 0.4) is 0 Å². The van der Waals surface area contributed by atoms with Crippen molar-refractivity contribution in [1.82, 2.24) is 19.5 Å². The molecule has 1 unspecified atom stereocenters. The van der Waals surface area contributed by atoms with Crippen LogP contribution in [-0.4, -0.2) is 32.7 Å². The van der Waals surface area contributed by atoms with E-state index in [9.17, 15) is 0 Å². The predicted octanol–water partition coefficient (Wildman–Crippen LogP) is 17.6. The summed E-state index contributed by atoms with van der Waals surface area (Å²) in [6, 6.07) is 48.2. The molecule has 2 aromatic heterocycles. The lowest BCUT2D eigenvalue weighted by Crippen LogP contribution is -2.13. The Balaban J connectivity index is 0.968. The molecular weight excluding hydrogens is 956 g/mol. The second-order valence-corrected chi connectivity index (χ2v) is 19.8. The van der Waals surface area contributed by atoms with Gasteiger partial charge >= 0.3 is 0 Å². The fourth-order valence-electron chi connectivity index (χ4n) is 9.60. The number of nitrogens with zero attached hydrogens (tertiary/aromatic N) is 4. The average Bonchev–Trinajstić information content (AvgIpc) is 3.74. The van der Waals surface area contributed by atoms with E-state index in [0.717, 1.165) is 77.4 Å². The predicted molar refractivity (Wildman–Crippen MR) is 287 cm³/mol. The summed E-state index contributed by atoms with van der Waals surface area (Å²) in [4.78, 5) is 15.8. The normalized spacial score (nSPS) is 12.1. The molecule has 0 amide bonds. The maximum Gasteiger partial charge on any atom is 0.141 e. The molecule has 0 fully saturated rings. The molecule has 7 aromatic carbocycles. The van der Waals surface area contributed by atoms with Crippen LogP contribution in [0, 0.1) is 5.92 Å². The molecule has 0 aliphatic heterocycles. The van der Waals surface area contributed by atoms with Gasteiger partial charge < -0.3 is 14.0 Å². The summed E-state index contributed by atoms with van der Waals surface area (Å²) < 4.78 is 17.2. The van der Waals surface area contributed by atoms with Crippen molar-refractivity contribution in [3.63, 3.8) is 0 Å². The topological polar surface area (TPSA) is 62.1 Å². The first-order valence-electron chi connectivity index (χ1n) is 24.5. The van der Waals surface area contributed by atoms with Gasteiger partial charge in [-0.2, -0.15) is 0 Å². The van der Waals surface area contributed by atoms with Gasteiger partial charge in [-0.15, -0.1) is 0 Å².